The van der Waals surface area contributed by atoms with Crippen molar-refractivity contribution in [1.29, 1.82) is 0 Å². The fraction of sp³-hybridized carbons (Fsp3) is 0.176. The van der Waals surface area contributed by atoms with Crippen LogP contribution in [0.4, 0.5) is 10.1 Å². The molecule has 2 aromatic carbocycles. The second-order valence-corrected chi connectivity index (χ2v) is 8.17. The van der Waals surface area contributed by atoms with Crippen molar-refractivity contribution in [2.45, 2.75) is 29.3 Å². The topological polar surface area (TPSA) is 114 Å². The lowest BCUT2D eigenvalue weighted by atomic mass is 10.1. The molecular formula is C17H18FN5O2S. The fourth-order valence-corrected chi connectivity index (χ4v) is 4.04. The maximum Gasteiger partial charge on any atom is 0.220 e. The summed E-state index contributed by atoms with van der Waals surface area (Å²) in [6.07, 6.45) is 0. The number of rotatable bonds is 3. The zero-order chi connectivity index (χ0) is 19.1. The van der Waals surface area contributed by atoms with E-state index in [0.29, 0.717) is 5.69 Å². The second kappa shape index (κ2) is 6.10. The highest BCUT2D eigenvalue weighted by atomic mass is 32.2. The Morgan fingerprint density at radius 2 is 1.46 bits per heavy atom. The van der Waals surface area contributed by atoms with Crippen LogP contribution in [0.5, 0.6) is 0 Å². The number of anilines is 1. The number of halogens is 1. The largest absolute Gasteiger partial charge is 0.369 e. The Kier molecular flexibility index (Phi) is 4.19. The average Bonchev–Trinajstić information content (AvgIpc) is 2.54. The van der Waals surface area contributed by atoms with Crippen LogP contribution in [0.3, 0.4) is 0 Å². The van der Waals surface area contributed by atoms with Gasteiger partial charge in [-0.05, 0) is 62.4 Å². The number of aliphatic imine (C=N–C) groups is 2. The third-order valence-electron chi connectivity index (χ3n) is 3.92. The molecule has 0 spiro atoms. The van der Waals surface area contributed by atoms with Gasteiger partial charge in [0.05, 0.1) is 9.79 Å². The van der Waals surface area contributed by atoms with Crippen molar-refractivity contribution in [3.8, 4) is 0 Å². The third-order valence-corrected chi connectivity index (χ3v) is 5.71. The summed E-state index contributed by atoms with van der Waals surface area (Å²) in [5.41, 5.74) is 11.5. The summed E-state index contributed by atoms with van der Waals surface area (Å²) in [6.45, 7) is 3.62. The first-order chi connectivity index (χ1) is 12.1. The summed E-state index contributed by atoms with van der Waals surface area (Å²) in [6, 6.07) is 10.8. The summed E-state index contributed by atoms with van der Waals surface area (Å²) in [7, 11) is -3.75. The van der Waals surface area contributed by atoms with Crippen molar-refractivity contribution in [3.05, 3.63) is 54.3 Å². The smallest absolute Gasteiger partial charge is 0.220 e. The quantitative estimate of drug-likeness (QED) is 0.795. The van der Waals surface area contributed by atoms with Gasteiger partial charge in [-0.3, -0.25) is 4.90 Å². The Labute approximate surface area is 150 Å². The van der Waals surface area contributed by atoms with E-state index in [0.717, 1.165) is 12.1 Å². The van der Waals surface area contributed by atoms with E-state index >= 15 is 0 Å². The molecule has 7 nitrogen and oxygen atoms in total. The molecule has 136 valence electrons. The van der Waals surface area contributed by atoms with Crippen molar-refractivity contribution >= 4 is 27.4 Å². The van der Waals surface area contributed by atoms with Gasteiger partial charge in [-0.2, -0.15) is 4.99 Å². The summed E-state index contributed by atoms with van der Waals surface area (Å²) in [4.78, 5) is 9.96. The van der Waals surface area contributed by atoms with Gasteiger partial charge in [0.25, 0.3) is 0 Å². The van der Waals surface area contributed by atoms with Gasteiger partial charge in [0.15, 0.2) is 0 Å². The Morgan fingerprint density at radius 3 is 1.96 bits per heavy atom. The number of benzene rings is 2. The highest BCUT2D eigenvalue weighted by Crippen LogP contribution is 2.29. The fourth-order valence-electron chi connectivity index (χ4n) is 2.78. The lowest BCUT2D eigenvalue weighted by Gasteiger charge is -2.38. The molecule has 0 amide bonds. The molecule has 0 radical (unpaired) electrons. The maximum absolute atomic E-state index is 13.0. The Balaban J connectivity index is 1.97. The van der Waals surface area contributed by atoms with E-state index in [9.17, 15) is 12.8 Å². The van der Waals surface area contributed by atoms with E-state index in [1.807, 2.05) is 13.8 Å². The van der Waals surface area contributed by atoms with E-state index in [2.05, 4.69) is 9.98 Å². The monoisotopic (exact) mass is 375 g/mol. The Morgan fingerprint density at radius 1 is 0.962 bits per heavy atom. The predicted molar refractivity (Wildman–Crippen MR) is 98.1 cm³/mol. The van der Waals surface area contributed by atoms with Crippen LogP contribution in [-0.4, -0.2) is 26.0 Å². The summed E-state index contributed by atoms with van der Waals surface area (Å²) >= 11 is 0. The zero-order valence-corrected chi connectivity index (χ0v) is 15.0. The lowest BCUT2D eigenvalue weighted by Crippen LogP contribution is -2.54. The molecule has 1 heterocycles. The number of nitrogens with two attached hydrogens (primary N) is 2. The molecule has 4 N–H and O–H groups in total. The molecule has 2 aromatic rings. The Hall–Kier alpha value is -2.94. The zero-order valence-electron chi connectivity index (χ0n) is 14.2. The second-order valence-electron chi connectivity index (χ2n) is 6.22. The SMILES string of the molecule is CC1(C)N=C(N)N=C(N)N1c1ccc(S(=O)(=O)c2ccc(F)cc2)cc1. The molecule has 3 rings (SSSR count). The van der Waals surface area contributed by atoms with Gasteiger partial charge in [0, 0.05) is 5.69 Å². The van der Waals surface area contributed by atoms with Crippen LogP contribution in [0, 0.1) is 5.82 Å². The van der Waals surface area contributed by atoms with E-state index in [1.54, 1.807) is 17.0 Å². The molecule has 26 heavy (non-hydrogen) atoms. The Bertz CT molecular complexity index is 996. The molecule has 0 unspecified atom stereocenters. The minimum Gasteiger partial charge on any atom is -0.369 e. The van der Waals surface area contributed by atoms with Crippen LogP contribution in [0.1, 0.15) is 13.8 Å². The minimum absolute atomic E-state index is 0.0170. The standard InChI is InChI=1S/C17H18FN5O2S/c1-17(2)22-15(19)21-16(20)23(17)12-5-9-14(10-6-12)26(24,25)13-7-3-11(18)4-8-13/h3-10H,1-2H3,(H4,19,20,21,22). The molecule has 0 fully saturated rings. The van der Waals surface area contributed by atoms with Crippen LogP contribution in [0.25, 0.3) is 0 Å². The first-order valence-electron chi connectivity index (χ1n) is 7.72. The molecule has 1 aliphatic heterocycles. The van der Waals surface area contributed by atoms with Crippen LogP contribution < -0.4 is 16.4 Å². The normalized spacial score (nSPS) is 16.8. The molecule has 0 saturated carbocycles. The molecule has 0 bridgehead atoms. The van der Waals surface area contributed by atoms with Crippen LogP contribution in [0.2, 0.25) is 0 Å². The van der Waals surface area contributed by atoms with Gasteiger partial charge < -0.3 is 11.5 Å². The summed E-state index contributed by atoms with van der Waals surface area (Å²) < 4.78 is 38.3. The predicted octanol–water partition coefficient (Wildman–Crippen LogP) is 1.84. The molecule has 0 aromatic heterocycles. The van der Waals surface area contributed by atoms with Crippen molar-refractivity contribution in [2.24, 2.45) is 21.5 Å². The van der Waals surface area contributed by atoms with E-state index in [1.165, 1.54) is 24.3 Å². The van der Waals surface area contributed by atoms with E-state index < -0.39 is 21.3 Å². The molecule has 9 heteroatoms. The number of hydrogen-bond donors (Lipinski definition) is 2. The van der Waals surface area contributed by atoms with E-state index in [-0.39, 0.29) is 21.7 Å². The van der Waals surface area contributed by atoms with E-state index in [4.69, 9.17) is 11.5 Å². The van der Waals surface area contributed by atoms with Gasteiger partial charge in [-0.1, -0.05) is 0 Å². The van der Waals surface area contributed by atoms with Gasteiger partial charge in [-0.15, -0.1) is 0 Å². The number of guanidine groups is 2. The molecule has 0 aliphatic carbocycles. The number of sulfone groups is 1. The van der Waals surface area contributed by atoms with Crippen LogP contribution in [0.15, 0.2) is 68.3 Å². The first kappa shape index (κ1) is 17.9. The first-order valence-corrected chi connectivity index (χ1v) is 9.20. The van der Waals surface area contributed by atoms with Crippen molar-refractivity contribution < 1.29 is 12.8 Å². The summed E-state index contributed by atoms with van der Waals surface area (Å²) in [5, 5.41) is 0. The van der Waals surface area contributed by atoms with Gasteiger partial charge in [0.1, 0.15) is 11.5 Å². The minimum atomic E-state index is -3.75. The van der Waals surface area contributed by atoms with Crippen molar-refractivity contribution in [3.63, 3.8) is 0 Å². The molecular weight excluding hydrogens is 357 g/mol. The van der Waals surface area contributed by atoms with Crippen molar-refractivity contribution in [2.75, 3.05) is 4.90 Å². The molecule has 0 atom stereocenters. The van der Waals surface area contributed by atoms with Gasteiger partial charge in [0.2, 0.25) is 21.8 Å². The van der Waals surface area contributed by atoms with Crippen molar-refractivity contribution in [1.82, 2.24) is 0 Å². The van der Waals surface area contributed by atoms with Gasteiger partial charge >= 0.3 is 0 Å². The highest BCUT2D eigenvalue weighted by Gasteiger charge is 2.33. The lowest BCUT2D eigenvalue weighted by molar-refractivity contribution is 0.534. The summed E-state index contributed by atoms with van der Waals surface area (Å²) in [5.74, 6) is -0.253. The van der Waals surface area contributed by atoms with Crippen LogP contribution >= 0.6 is 0 Å². The average molecular weight is 375 g/mol. The molecule has 0 saturated heterocycles. The van der Waals surface area contributed by atoms with Gasteiger partial charge in [-0.25, -0.2) is 17.8 Å². The third kappa shape index (κ3) is 3.13. The highest BCUT2D eigenvalue weighted by molar-refractivity contribution is 7.91. The molecule has 1 aliphatic rings. The number of hydrogen-bond acceptors (Lipinski definition) is 7. The van der Waals surface area contributed by atoms with Crippen LogP contribution in [-0.2, 0) is 9.84 Å². The maximum atomic E-state index is 13.0. The number of nitrogens with zero attached hydrogens (tertiary/aromatic N) is 3.